The van der Waals surface area contributed by atoms with Gasteiger partial charge in [0, 0.05) is 91.9 Å². The third kappa shape index (κ3) is 23.0. The van der Waals surface area contributed by atoms with Gasteiger partial charge in [0.25, 0.3) is 0 Å². The second-order valence-corrected chi connectivity index (χ2v) is 24.0. The lowest BCUT2D eigenvalue weighted by atomic mass is 9.90. The van der Waals surface area contributed by atoms with Crippen LogP contribution in [0.5, 0.6) is 0 Å². The molecule has 2 aromatic carbocycles. The van der Waals surface area contributed by atoms with Gasteiger partial charge in [-0.25, -0.2) is 4.79 Å². The minimum Gasteiger partial charge on any atom is -0.379 e. The lowest BCUT2D eigenvalue weighted by Gasteiger charge is -2.39. The maximum absolute atomic E-state index is 14.5. The second kappa shape index (κ2) is 36.7. The summed E-state index contributed by atoms with van der Waals surface area (Å²) in [4.78, 5) is 153. The number of nitrogens with zero attached hydrogens (tertiary/aromatic N) is 5. The van der Waals surface area contributed by atoms with Crippen LogP contribution in [0.25, 0.3) is 0 Å². The molecular formula is C63H99N13O13. The van der Waals surface area contributed by atoms with Gasteiger partial charge >= 0.3 is 6.03 Å². The molecule has 2 saturated heterocycles. The molecule has 9 atom stereocenters. The van der Waals surface area contributed by atoms with Crippen molar-refractivity contribution in [3.8, 4) is 0 Å². The van der Waals surface area contributed by atoms with E-state index in [-0.39, 0.29) is 105 Å². The number of likely N-dealkylation sites (N-methyl/N-ethyl adjacent to an activating group) is 3. The van der Waals surface area contributed by atoms with E-state index in [1.165, 1.54) is 19.1 Å². The highest BCUT2D eigenvalue weighted by Crippen LogP contribution is 2.30. The molecule has 26 heteroatoms. The number of ether oxygens (including phenoxy) is 2. The Morgan fingerprint density at radius 3 is 1.94 bits per heavy atom. The molecule has 12 amide bonds. The summed E-state index contributed by atoms with van der Waals surface area (Å²) in [6, 6.07) is 11.6. The van der Waals surface area contributed by atoms with Crippen molar-refractivity contribution in [3.05, 3.63) is 65.7 Å². The Kier molecular flexibility index (Phi) is 30.4. The number of amides is 12. The minimum atomic E-state index is -1.10. The van der Waals surface area contributed by atoms with E-state index < -0.39 is 90.4 Å². The van der Waals surface area contributed by atoms with Crippen LogP contribution in [0.1, 0.15) is 110 Å². The van der Waals surface area contributed by atoms with Gasteiger partial charge in [-0.05, 0) is 87.7 Å². The normalized spacial score (nSPS) is 17.0. The van der Waals surface area contributed by atoms with Crippen LogP contribution in [0.3, 0.4) is 0 Å². The van der Waals surface area contributed by atoms with Gasteiger partial charge in [-0.2, -0.15) is 0 Å². The molecule has 0 aromatic heterocycles. The summed E-state index contributed by atoms with van der Waals surface area (Å²) in [5.41, 5.74) is 12.5. The first-order valence-electron chi connectivity index (χ1n) is 30.9. The van der Waals surface area contributed by atoms with Gasteiger partial charge in [-0.3, -0.25) is 52.8 Å². The van der Waals surface area contributed by atoms with E-state index in [2.05, 4.69) is 31.9 Å². The van der Waals surface area contributed by atoms with E-state index in [0.29, 0.717) is 63.0 Å². The first kappa shape index (κ1) is 73.8. The van der Waals surface area contributed by atoms with Crippen molar-refractivity contribution in [2.24, 2.45) is 35.1 Å². The Morgan fingerprint density at radius 2 is 1.36 bits per heavy atom. The van der Waals surface area contributed by atoms with E-state index in [0.717, 1.165) is 5.56 Å². The maximum atomic E-state index is 14.5. The zero-order valence-electron chi connectivity index (χ0n) is 54.0. The molecule has 0 spiro atoms. The molecule has 2 heterocycles. The molecule has 2 fully saturated rings. The summed E-state index contributed by atoms with van der Waals surface area (Å²) in [5, 5.41) is 16.2. The van der Waals surface area contributed by atoms with E-state index in [1.807, 2.05) is 77.0 Å². The Labute approximate surface area is 524 Å². The van der Waals surface area contributed by atoms with E-state index in [1.54, 1.807) is 60.0 Å². The van der Waals surface area contributed by atoms with Crippen molar-refractivity contribution in [3.63, 3.8) is 0 Å². The van der Waals surface area contributed by atoms with E-state index >= 15 is 0 Å². The topological polar surface area (TPSA) is 347 Å². The molecule has 2 aliphatic heterocycles. The number of anilines is 1. The van der Waals surface area contributed by atoms with Crippen molar-refractivity contribution >= 4 is 70.8 Å². The van der Waals surface area contributed by atoms with Crippen molar-refractivity contribution in [2.75, 3.05) is 87.0 Å². The molecule has 26 nitrogen and oxygen atoms in total. The van der Waals surface area contributed by atoms with Gasteiger partial charge in [0.05, 0.1) is 55.8 Å². The number of carbonyl (C=O) groups excluding carboxylic acids is 11. The summed E-state index contributed by atoms with van der Waals surface area (Å²) in [7, 11) is 9.92. The first-order chi connectivity index (χ1) is 42.2. The highest BCUT2D eigenvalue weighted by atomic mass is 16.5. The Balaban J connectivity index is 1.40. The lowest BCUT2D eigenvalue weighted by molar-refractivity contribution is -0.146. The van der Waals surface area contributed by atoms with Crippen molar-refractivity contribution in [1.29, 1.82) is 0 Å². The van der Waals surface area contributed by atoms with E-state index in [4.69, 9.17) is 20.9 Å². The quantitative estimate of drug-likeness (QED) is 0.0454. The summed E-state index contributed by atoms with van der Waals surface area (Å²) < 4.78 is 12.1. The summed E-state index contributed by atoms with van der Waals surface area (Å²) in [5.74, 6) is -5.30. The number of benzene rings is 2. The SMILES string of the molecule is CCC(C)C(C(CC(=O)N1CCCC1C(OC)C(C)C(=O)NC(Cc1ccccc1)C(=O)N(C)Cc1ccc(NC(=O)C(CCCNC(N)=O)NC(=O)CNC(=O)CCC(=O)N2CCC(C(N)=O)CC2)cc1)OC)N(C)C(=O)CNC(=O)C(C(C)C)N(C)C. The average molecular weight is 1250 g/mol. The molecule has 0 saturated carbocycles. The Morgan fingerprint density at radius 1 is 0.697 bits per heavy atom. The number of methoxy groups -OCH3 is 2. The number of likely N-dealkylation sites (tertiary alicyclic amines) is 2. The molecule has 4 rings (SSSR count). The van der Waals surface area contributed by atoms with Crippen LogP contribution in [-0.2, 0) is 70.4 Å². The van der Waals surface area contributed by atoms with Crippen LogP contribution in [0, 0.1) is 23.7 Å². The number of rotatable bonds is 35. The van der Waals surface area contributed by atoms with Gasteiger partial charge in [0.15, 0.2) is 0 Å². The van der Waals surface area contributed by atoms with Gasteiger partial charge in [-0.15, -0.1) is 0 Å². The molecule has 0 radical (unpaired) electrons. The number of urea groups is 1. The Hall–Kier alpha value is -7.71. The molecule has 0 aliphatic carbocycles. The zero-order chi connectivity index (χ0) is 66.1. The fraction of sp³-hybridized carbons (Fsp3) is 0.635. The predicted octanol–water partition coefficient (Wildman–Crippen LogP) is 1.49. The molecule has 9 unspecified atom stereocenters. The van der Waals surface area contributed by atoms with Gasteiger partial charge in [0.2, 0.25) is 59.1 Å². The summed E-state index contributed by atoms with van der Waals surface area (Å²) in [6.07, 6.45) is 1.50. The molecule has 10 N–H and O–H groups in total. The third-order valence-electron chi connectivity index (χ3n) is 17.0. The van der Waals surface area contributed by atoms with Crippen LogP contribution in [0.2, 0.25) is 0 Å². The number of hydrogen-bond donors (Lipinski definition) is 8. The largest absolute Gasteiger partial charge is 0.379 e. The number of hydrogen-bond acceptors (Lipinski definition) is 14. The predicted molar refractivity (Wildman–Crippen MR) is 335 cm³/mol. The number of nitrogens with one attached hydrogen (secondary N) is 6. The summed E-state index contributed by atoms with van der Waals surface area (Å²) in [6.45, 7) is 10.2. The molecule has 494 valence electrons. The van der Waals surface area contributed by atoms with Crippen molar-refractivity contribution in [2.45, 2.75) is 154 Å². The van der Waals surface area contributed by atoms with Crippen LogP contribution < -0.4 is 43.4 Å². The maximum Gasteiger partial charge on any atom is 0.312 e. The molecule has 2 aliphatic rings. The third-order valence-corrected chi connectivity index (χ3v) is 17.0. The monoisotopic (exact) mass is 1250 g/mol. The number of nitrogens with two attached hydrogens (primary N) is 2. The molecular weight excluding hydrogens is 1150 g/mol. The lowest BCUT2D eigenvalue weighted by Crippen LogP contribution is -2.55. The average Bonchev–Trinajstić information content (AvgIpc) is 2.16. The van der Waals surface area contributed by atoms with Crippen LogP contribution in [0.4, 0.5) is 10.5 Å². The molecule has 2 aromatic rings. The van der Waals surface area contributed by atoms with Crippen LogP contribution in [0.15, 0.2) is 54.6 Å². The van der Waals surface area contributed by atoms with Crippen LogP contribution >= 0.6 is 0 Å². The fourth-order valence-corrected chi connectivity index (χ4v) is 11.8. The van der Waals surface area contributed by atoms with Gasteiger partial charge in [-0.1, -0.05) is 83.5 Å². The summed E-state index contributed by atoms with van der Waals surface area (Å²) >= 11 is 0. The number of piperidine rings is 1. The van der Waals surface area contributed by atoms with Gasteiger partial charge < -0.3 is 72.4 Å². The Bertz CT molecular complexity index is 2680. The highest BCUT2D eigenvalue weighted by Gasteiger charge is 2.43. The molecule has 89 heavy (non-hydrogen) atoms. The molecule has 0 bridgehead atoms. The van der Waals surface area contributed by atoms with Crippen molar-refractivity contribution < 1.29 is 62.2 Å². The van der Waals surface area contributed by atoms with Crippen molar-refractivity contribution in [1.82, 2.24) is 51.1 Å². The van der Waals surface area contributed by atoms with Crippen LogP contribution in [-0.4, -0.2) is 214 Å². The van der Waals surface area contributed by atoms with Gasteiger partial charge in [0.1, 0.15) is 12.1 Å². The number of primary amides is 2. The zero-order valence-corrected chi connectivity index (χ0v) is 54.0. The standard InChI is InChI=1S/C63H99N13O13/c1-12-40(4)56(74(9)54(81)37-68-61(85)55(39(2)3)72(6)7)49(88-10)35-53(80)76-31-17-21-48(76)57(89-11)41(5)59(83)71-47(34-42-18-14-13-15-19-42)62(86)73(8)38-43-22-24-45(25-23-43)69-60(84)46(20-16-30-66-63(65)87)70-51(78)36-67-50(77)26-27-52(79)75-32-28-44(29-33-75)58(64)82/h13-15,18-19,22-25,39-41,44,46-49,55-57H,12,16-17,20-21,26-38H2,1-11H3,(H2,64,82)(H,67,77)(H,68,85)(H,69,84)(H,70,78)(H,71,83)(H3,65,66,87). The minimum absolute atomic E-state index is 0.0146. The first-order valence-corrected chi connectivity index (χ1v) is 30.9. The highest BCUT2D eigenvalue weighted by molar-refractivity contribution is 5.98. The smallest absolute Gasteiger partial charge is 0.312 e. The fourth-order valence-electron chi connectivity index (χ4n) is 11.8. The van der Waals surface area contributed by atoms with E-state index in [9.17, 15) is 52.7 Å². The second-order valence-electron chi connectivity index (χ2n) is 24.0. The number of carbonyl (C=O) groups is 11.